The van der Waals surface area contributed by atoms with Crippen molar-refractivity contribution in [2.24, 2.45) is 50.7 Å². The zero-order chi connectivity index (χ0) is 37.7. The molecule has 5 aliphatic carbocycles. The monoisotopic (exact) mass is 683 g/mol. The topological polar surface area (TPSA) is 104 Å². The highest BCUT2D eigenvalue weighted by Crippen LogP contribution is 2.77. The van der Waals surface area contributed by atoms with Crippen LogP contribution in [0.25, 0.3) is 5.57 Å². The highest BCUT2D eigenvalue weighted by molar-refractivity contribution is 5.88. The molecular formula is C44H61NO5. The van der Waals surface area contributed by atoms with Crippen LogP contribution in [0.2, 0.25) is 0 Å². The van der Waals surface area contributed by atoms with Gasteiger partial charge in [0, 0.05) is 6.54 Å². The average Bonchev–Trinajstić information content (AvgIpc) is 3.53. The van der Waals surface area contributed by atoms with Gasteiger partial charge in [-0.25, -0.2) is 4.79 Å². The van der Waals surface area contributed by atoms with E-state index < -0.39 is 11.9 Å². The normalized spacial score (nSPS) is 35.7. The number of carboxylic acids is 2. The number of carbonyl (C=O) groups excluding carboxylic acids is 1. The summed E-state index contributed by atoms with van der Waals surface area (Å²) in [6, 6.07) is 7.46. The van der Waals surface area contributed by atoms with Crippen molar-refractivity contribution in [1.82, 2.24) is 5.32 Å². The molecule has 0 saturated heterocycles. The molecule has 3 unspecified atom stereocenters. The third-order valence-electron chi connectivity index (χ3n) is 14.5. The summed E-state index contributed by atoms with van der Waals surface area (Å²) in [7, 11) is 0. The molecule has 0 radical (unpaired) electrons. The van der Waals surface area contributed by atoms with Gasteiger partial charge in [0.25, 0.3) is 0 Å². The van der Waals surface area contributed by atoms with Crippen LogP contribution in [0.1, 0.15) is 128 Å². The van der Waals surface area contributed by atoms with Crippen LogP contribution in [0.4, 0.5) is 0 Å². The van der Waals surface area contributed by atoms with Gasteiger partial charge in [0.05, 0.1) is 17.4 Å². The number of carbonyl (C=O) groups is 3. The molecule has 0 aliphatic heterocycles. The average molecular weight is 684 g/mol. The Morgan fingerprint density at radius 2 is 1.46 bits per heavy atom. The first-order valence-corrected chi connectivity index (χ1v) is 18.4. The molecular weight excluding hydrogens is 622 g/mol. The van der Waals surface area contributed by atoms with Gasteiger partial charge < -0.3 is 15.5 Å². The Hall–Kier alpha value is -3.77. The highest BCUT2D eigenvalue weighted by atomic mass is 16.4. The van der Waals surface area contributed by atoms with Crippen LogP contribution in [-0.4, -0.2) is 34.6 Å². The van der Waals surface area contributed by atoms with Crippen LogP contribution in [0.3, 0.4) is 0 Å². The summed E-state index contributed by atoms with van der Waals surface area (Å²) in [5, 5.41) is 21.6. The Morgan fingerprint density at radius 1 is 0.840 bits per heavy atom. The van der Waals surface area contributed by atoms with E-state index in [9.17, 15) is 19.5 Å². The molecule has 6 heteroatoms. The Labute approximate surface area is 302 Å². The molecule has 1 aromatic carbocycles. The number of fused-ring (bicyclic) bond motifs is 7. The summed E-state index contributed by atoms with van der Waals surface area (Å²) in [5.41, 5.74) is 3.08. The van der Waals surface area contributed by atoms with Crippen molar-refractivity contribution in [3.05, 3.63) is 54.1 Å². The molecule has 0 heterocycles. The number of aliphatic carboxylic acids is 1. The lowest BCUT2D eigenvalue weighted by molar-refractivity contribution is -0.222. The van der Waals surface area contributed by atoms with Crippen molar-refractivity contribution in [3.8, 4) is 25.7 Å². The zero-order valence-electron chi connectivity index (χ0n) is 31.4. The van der Waals surface area contributed by atoms with Gasteiger partial charge in [-0.15, -0.1) is 32.3 Å². The van der Waals surface area contributed by atoms with Gasteiger partial charge >= 0.3 is 11.9 Å². The van der Waals surface area contributed by atoms with E-state index in [0.717, 1.165) is 44.1 Å². The van der Waals surface area contributed by atoms with Gasteiger partial charge in [0.2, 0.25) is 5.91 Å². The molecule has 50 heavy (non-hydrogen) atoms. The van der Waals surface area contributed by atoms with E-state index in [2.05, 4.69) is 78.3 Å². The number of terminal acetylenes is 2. The number of benzene rings is 1. The largest absolute Gasteiger partial charge is 0.481 e. The molecule has 8 atom stereocenters. The molecule has 6 rings (SSSR count). The first kappa shape index (κ1) is 40.7. The van der Waals surface area contributed by atoms with Crippen LogP contribution < -0.4 is 5.32 Å². The predicted octanol–water partition coefficient (Wildman–Crippen LogP) is 9.52. The molecule has 4 saturated carbocycles. The third-order valence-corrected chi connectivity index (χ3v) is 14.5. The number of aromatic carboxylic acids is 1. The lowest BCUT2D eigenvalue weighted by Gasteiger charge is -2.72. The molecule has 0 bridgehead atoms. The highest BCUT2D eigenvalue weighted by Gasteiger charge is 2.70. The summed E-state index contributed by atoms with van der Waals surface area (Å²) in [5.74, 6) is 0.452. The number of amides is 1. The summed E-state index contributed by atoms with van der Waals surface area (Å²) < 4.78 is 0. The zero-order valence-corrected chi connectivity index (χ0v) is 31.4. The number of nitrogens with one attached hydrogen (secondary N) is 1. The Balaban J connectivity index is 0.000000902. The molecule has 0 spiro atoms. The van der Waals surface area contributed by atoms with Gasteiger partial charge in [-0.05, 0) is 133 Å². The fourth-order valence-corrected chi connectivity index (χ4v) is 12.3. The van der Waals surface area contributed by atoms with E-state index in [1.165, 1.54) is 31.3 Å². The predicted molar refractivity (Wildman–Crippen MR) is 203 cm³/mol. The minimum absolute atomic E-state index is 0.0158. The van der Waals surface area contributed by atoms with E-state index in [1.807, 2.05) is 19.1 Å². The second-order valence-corrected chi connectivity index (χ2v) is 16.6. The molecule has 272 valence electrons. The summed E-state index contributed by atoms with van der Waals surface area (Å²) in [6.07, 6.45) is 31.2. The second-order valence-electron chi connectivity index (χ2n) is 16.6. The van der Waals surface area contributed by atoms with Crippen molar-refractivity contribution in [2.75, 3.05) is 6.54 Å². The molecule has 6 nitrogen and oxygen atoms in total. The van der Waals surface area contributed by atoms with Crippen LogP contribution in [-0.2, 0) is 9.59 Å². The minimum atomic E-state index is -0.886. The standard InChI is InChI=1S/C37H51NO5.C3H6.2C2H2/c1-33(2)25(23-8-10-24(11-9-23)31(41)42)14-18-34(3)28(33)15-19-36(5)29(34)13-12-26-27-7-6-17-37(27,21-20-35(26,36)4)32(43)38-22-16-30(39)40;1-3-2;2*1-2/h8-11,14,26-29H,6-7,12-13,15-22H2,1-5H3,(H,38,43)(H,39,40)(H,41,42);3H,1H2,2H3;2*1-2H/t26-,27?,28?,29?,34+,35-,36-,37+;;;/m1.../s1. The number of carboxylic acid groups (broad SMARTS) is 2. The maximum Gasteiger partial charge on any atom is 0.335 e. The summed E-state index contributed by atoms with van der Waals surface area (Å²) >= 11 is 0. The van der Waals surface area contributed by atoms with Crippen molar-refractivity contribution in [1.29, 1.82) is 0 Å². The van der Waals surface area contributed by atoms with Gasteiger partial charge in [-0.3, -0.25) is 9.59 Å². The molecule has 4 fully saturated rings. The first-order valence-electron chi connectivity index (χ1n) is 18.4. The Morgan fingerprint density at radius 3 is 2.04 bits per heavy atom. The van der Waals surface area contributed by atoms with E-state index >= 15 is 0 Å². The fourth-order valence-electron chi connectivity index (χ4n) is 12.3. The number of rotatable bonds is 6. The first-order chi connectivity index (χ1) is 23.6. The Kier molecular flexibility index (Phi) is 12.7. The van der Waals surface area contributed by atoms with Gasteiger partial charge in [-0.1, -0.05) is 65.3 Å². The molecule has 3 N–H and O–H groups in total. The second kappa shape index (κ2) is 15.6. The summed E-state index contributed by atoms with van der Waals surface area (Å²) in [6.45, 7) is 18.1. The summed E-state index contributed by atoms with van der Waals surface area (Å²) in [4.78, 5) is 36.3. The van der Waals surface area contributed by atoms with Crippen LogP contribution >= 0.6 is 0 Å². The van der Waals surface area contributed by atoms with Crippen LogP contribution in [0.5, 0.6) is 0 Å². The number of hydrogen-bond donors (Lipinski definition) is 3. The van der Waals surface area contributed by atoms with Gasteiger partial charge in [0.15, 0.2) is 0 Å². The van der Waals surface area contributed by atoms with E-state index in [1.54, 1.807) is 18.2 Å². The SMILES string of the molecule is C#C.C#C.C=CC.CC1(C)C(c2ccc(C(=O)O)cc2)=CC[C@@]2(C)C1CC[C@]1(C)C2CC[C@@H]2C3CCC[C@]3(C(=O)NCCC(=O)O)CC[C@]21C. The van der Waals surface area contributed by atoms with Gasteiger partial charge in [-0.2, -0.15) is 0 Å². The molecule has 0 aromatic heterocycles. The third kappa shape index (κ3) is 6.56. The van der Waals surface area contributed by atoms with E-state index in [0.29, 0.717) is 29.2 Å². The smallest absolute Gasteiger partial charge is 0.335 e. The maximum atomic E-state index is 13.7. The van der Waals surface area contributed by atoms with Crippen LogP contribution in [0, 0.1) is 76.4 Å². The van der Waals surface area contributed by atoms with Crippen molar-refractivity contribution >= 4 is 23.4 Å². The molecule has 1 amide bonds. The van der Waals surface area contributed by atoms with Crippen molar-refractivity contribution in [2.45, 2.75) is 112 Å². The van der Waals surface area contributed by atoms with Crippen LogP contribution in [0.15, 0.2) is 43.0 Å². The fraction of sp³-hybridized carbons (Fsp3) is 0.614. The number of allylic oxidation sites excluding steroid dienone is 3. The van der Waals surface area contributed by atoms with Gasteiger partial charge in [0.1, 0.15) is 0 Å². The Bertz CT molecular complexity index is 1480. The molecule has 5 aliphatic rings. The van der Waals surface area contributed by atoms with E-state index in [-0.39, 0.29) is 45.9 Å². The lowest BCUT2D eigenvalue weighted by Crippen LogP contribution is -2.65. The minimum Gasteiger partial charge on any atom is -0.481 e. The maximum absolute atomic E-state index is 13.7. The van der Waals surface area contributed by atoms with E-state index in [4.69, 9.17) is 5.11 Å². The lowest BCUT2D eigenvalue weighted by atomic mass is 9.32. The quantitative estimate of drug-likeness (QED) is 0.205. The van der Waals surface area contributed by atoms with Crippen molar-refractivity contribution < 1.29 is 24.6 Å². The van der Waals surface area contributed by atoms with Crippen molar-refractivity contribution in [3.63, 3.8) is 0 Å². The number of hydrogen-bond acceptors (Lipinski definition) is 3. The molecule has 1 aromatic rings.